The van der Waals surface area contributed by atoms with Crippen molar-refractivity contribution in [3.05, 3.63) is 142 Å². The molecule has 15 heteroatoms. The second-order valence-corrected chi connectivity index (χ2v) is 15.2. The fourth-order valence-electron chi connectivity index (χ4n) is 6.11. The maximum absolute atomic E-state index is 14.4. The third kappa shape index (κ3) is 13.0. The maximum atomic E-state index is 14.4. The van der Waals surface area contributed by atoms with Crippen LogP contribution < -0.4 is 11.0 Å². The highest BCUT2D eigenvalue weighted by Crippen LogP contribution is 2.30. The van der Waals surface area contributed by atoms with Crippen LogP contribution in [0.3, 0.4) is 0 Å². The van der Waals surface area contributed by atoms with E-state index >= 15 is 0 Å². The number of benzene rings is 3. The number of esters is 1. The van der Waals surface area contributed by atoms with Gasteiger partial charge in [-0.3, -0.25) is 23.6 Å². The molecule has 3 aromatic carbocycles. The van der Waals surface area contributed by atoms with E-state index in [9.17, 15) is 24.0 Å². The predicted molar refractivity (Wildman–Crippen MR) is 216 cm³/mol. The fraction of sp³-hybridized carbons (Fsp3) is 0.386. The van der Waals surface area contributed by atoms with Gasteiger partial charge in [-0.2, -0.15) is 0 Å². The van der Waals surface area contributed by atoms with Crippen molar-refractivity contribution in [1.82, 2.24) is 19.4 Å². The summed E-state index contributed by atoms with van der Waals surface area (Å²) in [6, 6.07) is 27.1. The van der Waals surface area contributed by atoms with E-state index in [-0.39, 0.29) is 52.2 Å². The molecule has 0 aliphatic carbocycles. The summed E-state index contributed by atoms with van der Waals surface area (Å²) in [4.78, 5) is 69.3. The second kappa shape index (κ2) is 20.6. The van der Waals surface area contributed by atoms with Crippen molar-refractivity contribution >= 4 is 23.9 Å². The number of ketones is 1. The molecule has 1 aromatic heterocycles. The van der Waals surface area contributed by atoms with E-state index in [1.54, 1.807) is 65.0 Å². The van der Waals surface area contributed by atoms with Crippen molar-refractivity contribution in [2.45, 2.75) is 85.3 Å². The van der Waals surface area contributed by atoms with Gasteiger partial charge >= 0.3 is 23.8 Å². The van der Waals surface area contributed by atoms with E-state index < -0.39 is 59.5 Å². The molecule has 1 aliphatic rings. The Kier molecular flexibility index (Phi) is 15.4. The van der Waals surface area contributed by atoms with Crippen molar-refractivity contribution in [3.63, 3.8) is 0 Å². The molecule has 1 unspecified atom stereocenters. The lowest BCUT2D eigenvalue weighted by molar-refractivity contribution is -0.145. The van der Waals surface area contributed by atoms with Crippen LogP contribution in [0.5, 0.6) is 0 Å². The molecule has 1 aliphatic heterocycles. The average Bonchev–Trinajstić information content (AvgIpc) is 3.69. The zero-order chi connectivity index (χ0) is 42.4. The molecule has 15 nitrogen and oxygen atoms in total. The van der Waals surface area contributed by atoms with Crippen LogP contribution in [0.4, 0.5) is 9.59 Å². The number of imidazole rings is 1. The lowest BCUT2D eigenvalue weighted by atomic mass is 10.0. The van der Waals surface area contributed by atoms with E-state index in [1.807, 2.05) is 66.7 Å². The number of carbonyl (C=O) groups is 4. The number of nitrogens with one attached hydrogen (secondary N) is 1. The Hall–Kier alpha value is -6.03. The van der Waals surface area contributed by atoms with Gasteiger partial charge in [0.05, 0.1) is 25.9 Å². The maximum Gasteiger partial charge on any atom is 0.413 e. The molecular formula is C44H52N4O11. The number of hydrogen-bond donors (Lipinski definition) is 1. The van der Waals surface area contributed by atoms with Gasteiger partial charge in [-0.1, -0.05) is 97.1 Å². The Morgan fingerprint density at radius 2 is 1.39 bits per heavy atom. The topological polar surface area (TPSA) is 166 Å². The van der Waals surface area contributed by atoms with Gasteiger partial charge in [-0.25, -0.2) is 14.4 Å². The summed E-state index contributed by atoms with van der Waals surface area (Å²) in [5.74, 6) is -3.40. The minimum Gasteiger partial charge on any atom is -0.461 e. The quantitative estimate of drug-likeness (QED) is 0.0400. The number of amides is 2. The first kappa shape index (κ1) is 44.1. The Balaban J connectivity index is 1.34. The van der Waals surface area contributed by atoms with Crippen LogP contribution in [0.1, 0.15) is 61.8 Å². The van der Waals surface area contributed by atoms with E-state index in [0.717, 1.165) is 21.3 Å². The third-order valence-electron chi connectivity index (χ3n) is 9.03. The summed E-state index contributed by atoms with van der Waals surface area (Å²) >= 11 is 0. The van der Waals surface area contributed by atoms with E-state index in [4.69, 9.17) is 28.4 Å². The van der Waals surface area contributed by atoms with Gasteiger partial charge in [0.25, 0.3) is 0 Å². The van der Waals surface area contributed by atoms with Gasteiger partial charge in [0.2, 0.25) is 0 Å². The summed E-state index contributed by atoms with van der Waals surface area (Å²) in [6.07, 6.45) is 3.03. The summed E-state index contributed by atoms with van der Waals surface area (Å²) in [6.45, 7) is 7.90. The largest absolute Gasteiger partial charge is 0.461 e. The first-order chi connectivity index (χ1) is 28.2. The van der Waals surface area contributed by atoms with Crippen LogP contribution in [0, 0.1) is 5.92 Å². The summed E-state index contributed by atoms with van der Waals surface area (Å²) in [5, 5.41) is 2.50. The van der Waals surface area contributed by atoms with E-state index in [1.165, 1.54) is 21.7 Å². The van der Waals surface area contributed by atoms with Crippen LogP contribution in [-0.2, 0) is 66.5 Å². The molecule has 5 rings (SSSR count). The molecule has 1 N–H and O–H groups in total. The molecule has 0 bridgehead atoms. The van der Waals surface area contributed by atoms with Crippen LogP contribution >= 0.6 is 0 Å². The Bertz CT molecular complexity index is 2090. The number of aromatic nitrogens is 2. The van der Waals surface area contributed by atoms with Crippen LogP contribution in [0.25, 0.3) is 0 Å². The minimum atomic E-state index is -1.61. The Labute approximate surface area is 343 Å². The highest BCUT2D eigenvalue weighted by molar-refractivity contribution is 6.08. The Morgan fingerprint density at radius 1 is 0.831 bits per heavy atom. The number of Topliss-reactive ketones (excluding diaryl/α,β-unsaturated/α-hetero) is 1. The number of rotatable bonds is 18. The molecule has 2 heterocycles. The van der Waals surface area contributed by atoms with Gasteiger partial charge in [-0.15, -0.1) is 0 Å². The first-order valence-corrected chi connectivity index (χ1v) is 19.2. The highest BCUT2D eigenvalue weighted by Gasteiger charge is 2.44. The average molecular weight is 813 g/mol. The molecule has 0 saturated carbocycles. The van der Waals surface area contributed by atoms with Gasteiger partial charge in [0.15, 0.2) is 5.78 Å². The SMILES string of the molecule is CC(C)(C)OC(=O)N1[C@H](/C=C/COC(=O)C(CNC(=O)OCc2ccccc2)C(=O)c2cn(COCc3ccccc3)c(=O)n2COCc2ccccc2)COC1(C)C. The summed E-state index contributed by atoms with van der Waals surface area (Å²) < 4.78 is 36.3. The van der Waals surface area contributed by atoms with E-state index in [0.29, 0.717) is 0 Å². The fourth-order valence-corrected chi connectivity index (χ4v) is 6.11. The van der Waals surface area contributed by atoms with Crippen molar-refractivity contribution < 1.29 is 47.6 Å². The number of carbonyl (C=O) groups excluding carboxylic acids is 4. The Morgan fingerprint density at radius 3 is 1.97 bits per heavy atom. The zero-order valence-electron chi connectivity index (χ0n) is 34.0. The lowest BCUT2D eigenvalue weighted by Crippen LogP contribution is -2.49. The molecule has 0 spiro atoms. The molecule has 1 fully saturated rings. The van der Waals surface area contributed by atoms with Gasteiger partial charge in [0.1, 0.15) is 49.6 Å². The number of hydrogen-bond acceptors (Lipinski definition) is 11. The molecule has 314 valence electrons. The van der Waals surface area contributed by atoms with Gasteiger partial charge in [0, 0.05) is 12.7 Å². The summed E-state index contributed by atoms with van der Waals surface area (Å²) in [7, 11) is 0. The van der Waals surface area contributed by atoms with Crippen LogP contribution in [-0.4, -0.2) is 75.1 Å². The summed E-state index contributed by atoms with van der Waals surface area (Å²) in [5.41, 5.74) is -0.0236. The standard InChI is InChI=1S/C44H52N4O11/c1-43(2,3)59-42(53)48-35(29-58-44(48,4)5)22-15-23-56-39(50)36(24-45-40(51)57-28-34-20-13-8-14-21-34)38(49)37-25-46(30-54-26-32-16-9-6-10-17-32)41(52)47(37)31-55-27-33-18-11-7-12-19-33/h6-22,25,35-36H,23-24,26-31H2,1-5H3,(H,45,51)/b22-15+/t35-,36?/m1/s1. The highest BCUT2D eigenvalue weighted by atomic mass is 16.6. The number of alkyl carbamates (subject to hydrolysis) is 1. The van der Waals surface area contributed by atoms with Crippen molar-refractivity contribution in [1.29, 1.82) is 0 Å². The van der Waals surface area contributed by atoms with Crippen molar-refractivity contribution in [2.75, 3.05) is 19.8 Å². The normalized spacial score (nSPS) is 15.5. The number of nitrogens with zero attached hydrogens (tertiary/aromatic N) is 3. The lowest BCUT2D eigenvalue weighted by Gasteiger charge is -2.34. The van der Waals surface area contributed by atoms with Gasteiger partial charge in [-0.05, 0) is 57.4 Å². The molecule has 0 radical (unpaired) electrons. The molecule has 2 atom stereocenters. The van der Waals surface area contributed by atoms with Crippen LogP contribution in [0.2, 0.25) is 0 Å². The molecule has 59 heavy (non-hydrogen) atoms. The smallest absolute Gasteiger partial charge is 0.413 e. The molecule has 2 amide bonds. The van der Waals surface area contributed by atoms with Crippen molar-refractivity contribution in [2.24, 2.45) is 5.92 Å². The second-order valence-electron chi connectivity index (χ2n) is 15.2. The van der Waals surface area contributed by atoms with Crippen LogP contribution in [0.15, 0.2) is 114 Å². The van der Waals surface area contributed by atoms with Gasteiger partial charge < -0.3 is 33.7 Å². The van der Waals surface area contributed by atoms with E-state index in [2.05, 4.69) is 5.32 Å². The monoisotopic (exact) mass is 812 g/mol. The van der Waals surface area contributed by atoms with Crippen molar-refractivity contribution in [3.8, 4) is 0 Å². The first-order valence-electron chi connectivity index (χ1n) is 19.2. The predicted octanol–water partition coefficient (Wildman–Crippen LogP) is 6.20. The number of ether oxygens (including phenoxy) is 6. The third-order valence-corrected chi connectivity index (χ3v) is 9.03. The minimum absolute atomic E-state index is 0.0490. The zero-order valence-corrected chi connectivity index (χ0v) is 34.0. The molecule has 1 saturated heterocycles. The molecular weight excluding hydrogens is 761 g/mol. The molecule has 4 aromatic rings.